The third-order valence-corrected chi connectivity index (χ3v) is 4.51. The van der Waals surface area contributed by atoms with E-state index in [9.17, 15) is 19.8 Å². The van der Waals surface area contributed by atoms with Crippen molar-refractivity contribution in [3.8, 4) is 0 Å². The van der Waals surface area contributed by atoms with Crippen LogP contribution in [0.2, 0.25) is 0 Å². The summed E-state index contributed by atoms with van der Waals surface area (Å²) >= 11 is 0. The molecule has 0 bridgehead atoms. The standard InChI is InChI=1S/C20H33O7/c1-15(13-17-20(24)16(21)10-12-26-17)14-19(23)27-11-8-6-4-3-5-7-9-18(22)25-2/h10,14,16-17,20-21,24H,3-9,11-13H2,1-2H3/b15-14+/t16-,17+,20-/m1/s1. The van der Waals surface area contributed by atoms with Crippen LogP contribution in [0.4, 0.5) is 0 Å². The molecule has 0 amide bonds. The number of carbonyl (C=O) groups is 2. The fraction of sp³-hybridized carbons (Fsp3) is 0.750. The lowest BCUT2D eigenvalue weighted by Gasteiger charge is -2.31. The molecule has 155 valence electrons. The molecule has 1 aliphatic heterocycles. The molecule has 1 radical (unpaired) electrons. The van der Waals surface area contributed by atoms with Gasteiger partial charge in [-0.3, -0.25) is 4.79 Å². The summed E-state index contributed by atoms with van der Waals surface area (Å²) < 4.78 is 15.2. The molecule has 7 heteroatoms. The van der Waals surface area contributed by atoms with Gasteiger partial charge in [-0.05, 0) is 26.2 Å². The SMILES string of the molecule is COC(=O)CCCCCCCCOC(=O)/C=C(\C)C[C@@H]1OC[CH][C@@H](O)[C@H]1O. The fourth-order valence-corrected chi connectivity index (χ4v) is 2.89. The van der Waals surface area contributed by atoms with Gasteiger partial charge < -0.3 is 24.4 Å². The van der Waals surface area contributed by atoms with Crippen molar-refractivity contribution in [2.24, 2.45) is 0 Å². The zero-order valence-electron chi connectivity index (χ0n) is 16.4. The van der Waals surface area contributed by atoms with Gasteiger partial charge in [-0.25, -0.2) is 4.79 Å². The maximum absolute atomic E-state index is 11.8. The van der Waals surface area contributed by atoms with Crippen LogP contribution in [0.1, 0.15) is 58.3 Å². The summed E-state index contributed by atoms with van der Waals surface area (Å²) in [6.45, 7) is 2.43. The Labute approximate surface area is 161 Å². The Balaban J connectivity index is 2.07. The molecule has 1 fully saturated rings. The molecule has 0 aliphatic carbocycles. The first kappa shape index (κ1) is 23.6. The van der Waals surface area contributed by atoms with Crippen molar-refractivity contribution in [3.05, 3.63) is 18.1 Å². The third-order valence-electron chi connectivity index (χ3n) is 4.51. The lowest BCUT2D eigenvalue weighted by molar-refractivity contribution is -0.141. The van der Waals surface area contributed by atoms with Crippen LogP contribution >= 0.6 is 0 Å². The van der Waals surface area contributed by atoms with E-state index < -0.39 is 24.3 Å². The van der Waals surface area contributed by atoms with Crippen molar-refractivity contribution in [1.82, 2.24) is 0 Å². The topological polar surface area (TPSA) is 102 Å². The highest BCUT2D eigenvalue weighted by molar-refractivity contribution is 5.82. The number of hydrogen-bond donors (Lipinski definition) is 2. The second-order valence-corrected chi connectivity index (χ2v) is 6.90. The Bertz CT molecular complexity index is 475. The van der Waals surface area contributed by atoms with Crippen LogP contribution < -0.4 is 0 Å². The number of hydrogen-bond acceptors (Lipinski definition) is 7. The fourth-order valence-electron chi connectivity index (χ4n) is 2.89. The van der Waals surface area contributed by atoms with Crippen LogP contribution in [0.15, 0.2) is 11.6 Å². The van der Waals surface area contributed by atoms with E-state index >= 15 is 0 Å². The second-order valence-electron chi connectivity index (χ2n) is 6.90. The minimum Gasteiger partial charge on any atom is -0.469 e. The van der Waals surface area contributed by atoms with E-state index in [4.69, 9.17) is 9.47 Å². The summed E-state index contributed by atoms with van der Waals surface area (Å²) in [6, 6.07) is 0. The zero-order valence-corrected chi connectivity index (χ0v) is 16.4. The van der Waals surface area contributed by atoms with Gasteiger partial charge in [-0.1, -0.05) is 31.3 Å². The molecule has 1 heterocycles. The molecule has 1 aliphatic rings. The predicted octanol–water partition coefficient (Wildman–Crippen LogP) is 2.09. The van der Waals surface area contributed by atoms with E-state index in [2.05, 4.69) is 4.74 Å². The van der Waals surface area contributed by atoms with Gasteiger partial charge in [0, 0.05) is 18.9 Å². The maximum atomic E-state index is 11.8. The number of esters is 2. The minimum absolute atomic E-state index is 0.163. The Morgan fingerprint density at radius 1 is 1.15 bits per heavy atom. The van der Waals surface area contributed by atoms with E-state index in [0.717, 1.165) is 44.1 Å². The summed E-state index contributed by atoms with van der Waals surface area (Å²) in [4.78, 5) is 22.8. The van der Waals surface area contributed by atoms with Gasteiger partial charge in [0.25, 0.3) is 0 Å². The van der Waals surface area contributed by atoms with Crippen LogP contribution in [-0.4, -0.2) is 60.8 Å². The minimum atomic E-state index is -0.981. The number of aliphatic hydroxyl groups is 2. The molecule has 0 aromatic rings. The van der Waals surface area contributed by atoms with Gasteiger partial charge in [0.15, 0.2) is 0 Å². The molecule has 0 aromatic carbocycles. The molecule has 0 spiro atoms. The van der Waals surface area contributed by atoms with Gasteiger partial charge >= 0.3 is 11.9 Å². The Kier molecular flexibility index (Phi) is 12.0. The average molecular weight is 385 g/mol. The molecular weight excluding hydrogens is 352 g/mol. The highest BCUT2D eigenvalue weighted by atomic mass is 16.5. The summed E-state index contributed by atoms with van der Waals surface area (Å²) in [5.41, 5.74) is 0.740. The predicted molar refractivity (Wildman–Crippen MR) is 99.7 cm³/mol. The average Bonchev–Trinajstić information content (AvgIpc) is 2.63. The van der Waals surface area contributed by atoms with Gasteiger partial charge in [0.05, 0.1) is 32.5 Å². The Morgan fingerprint density at radius 2 is 1.81 bits per heavy atom. The summed E-state index contributed by atoms with van der Waals surface area (Å²) in [5, 5.41) is 19.5. The largest absolute Gasteiger partial charge is 0.469 e. The van der Waals surface area contributed by atoms with Crippen molar-refractivity contribution in [1.29, 1.82) is 0 Å². The van der Waals surface area contributed by atoms with Crippen molar-refractivity contribution >= 4 is 11.9 Å². The van der Waals surface area contributed by atoms with Crippen LogP contribution in [0.5, 0.6) is 0 Å². The van der Waals surface area contributed by atoms with E-state index in [1.807, 2.05) is 0 Å². The molecule has 1 rings (SSSR count). The number of carbonyl (C=O) groups excluding carboxylic acids is 2. The van der Waals surface area contributed by atoms with Crippen molar-refractivity contribution in [2.75, 3.05) is 20.3 Å². The number of aliphatic hydroxyl groups excluding tert-OH is 2. The van der Waals surface area contributed by atoms with Crippen molar-refractivity contribution < 1.29 is 34.0 Å². The van der Waals surface area contributed by atoms with Gasteiger partial charge in [0.2, 0.25) is 0 Å². The second kappa shape index (κ2) is 13.7. The number of unbranched alkanes of at least 4 members (excludes halogenated alkanes) is 5. The number of ether oxygens (including phenoxy) is 3. The number of rotatable bonds is 12. The zero-order chi connectivity index (χ0) is 20.1. The lowest BCUT2D eigenvalue weighted by atomic mass is 9.97. The summed E-state index contributed by atoms with van der Waals surface area (Å²) in [6.07, 6.45) is 7.09. The summed E-state index contributed by atoms with van der Waals surface area (Å²) in [7, 11) is 1.40. The highest BCUT2D eigenvalue weighted by Crippen LogP contribution is 2.20. The molecule has 0 aromatic heterocycles. The molecule has 2 N–H and O–H groups in total. The first-order chi connectivity index (χ1) is 12.9. The Morgan fingerprint density at radius 3 is 2.52 bits per heavy atom. The van der Waals surface area contributed by atoms with Gasteiger partial charge in [-0.15, -0.1) is 0 Å². The molecule has 0 unspecified atom stereocenters. The third kappa shape index (κ3) is 10.5. The van der Waals surface area contributed by atoms with Crippen LogP contribution in [-0.2, 0) is 23.8 Å². The molecule has 0 saturated carbocycles. The summed E-state index contributed by atoms with van der Waals surface area (Å²) in [5.74, 6) is -0.563. The smallest absolute Gasteiger partial charge is 0.330 e. The van der Waals surface area contributed by atoms with Crippen LogP contribution in [0.25, 0.3) is 0 Å². The first-order valence-electron chi connectivity index (χ1n) is 9.66. The highest BCUT2D eigenvalue weighted by Gasteiger charge is 2.31. The van der Waals surface area contributed by atoms with Gasteiger partial charge in [-0.2, -0.15) is 0 Å². The van der Waals surface area contributed by atoms with Crippen molar-refractivity contribution in [3.63, 3.8) is 0 Å². The van der Waals surface area contributed by atoms with Crippen LogP contribution in [0.3, 0.4) is 0 Å². The quantitative estimate of drug-likeness (QED) is 0.301. The molecule has 7 nitrogen and oxygen atoms in total. The molecule has 3 atom stereocenters. The lowest BCUT2D eigenvalue weighted by Crippen LogP contribution is -2.44. The van der Waals surface area contributed by atoms with Gasteiger partial charge in [0.1, 0.15) is 6.10 Å². The first-order valence-corrected chi connectivity index (χ1v) is 9.66. The normalized spacial score (nSPS) is 23.1. The van der Waals surface area contributed by atoms with E-state index in [1.54, 1.807) is 6.92 Å². The van der Waals surface area contributed by atoms with Crippen LogP contribution in [0, 0.1) is 6.42 Å². The van der Waals surface area contributed by atoms with E-state index in [1.165, 1.54) is 19.6 Å². The molecular formula is C20H33O7. The van der Waals surface area contributed by atoms with E-state index in [-0.39, 0.29) is 12.6 Å². The Hall–Kier alpha value is -1.44. The monoisotopic (exact) mass is 385 g/mol. The number of methoxy groups -OCH3 is 1. The molecule has 1 saturated heterocycles. The maximum Gasteiger partial charge on any atom is 0.330 e. The molecule has 27 heavy (non-hydrogen) atoms. The van der Waals surface area contributed by atoms with Crippen molar-refractivity contribution in [2.45, 2.75) is 76.6 Å². The van der Waals surface area contributed by atoms with E-state index in [0.29, 0.717) is 19.4 Å².